The lowest BCUT2D eigenvalue weighted by atomic mass is 9.86. The molecule has 1 atom stereocenters. The van der Waals surface area contributed by atoms with Crippen molar-refractivity contribution in [1.82, 2.24) is 4.90 Å². The first-order valence-electron chi connectivity index (χ1n) is 7.26. The van der Waals surface area contributed by atoms with E-state index in [4.69, 9.17) is 4.74 Å². The molecular weight excluding hydrogens is 254 g/mol. The molecule has 0 radical (unpaired) electrons. The molecule has 0 spiro atoms. The summed E-state index contributed by atoms with van der Waals surface area (Å²) >= 11 is 0. The molecule has 20 heavy (non-hydrogen) atoms. The Balaban J connectivity index is 1.97. The minimum absolute atomic E-state index is 0.0947. The van der Waals surface area contributed by atoms with E-state index in [2.05, 4.69) is 22.8 Å². The standard InChI is InChI=1S/C16H23NO3/c1-3-9-16(19,14-6-4-5-7-14)15(18)20-12-13-8-10-17(2)11-13/h8,14,19H,4-7,10-12H2,1-2H3. The van der Waals surface area contributed by atoms with E-state index in [0.29, 0.717) is 0 Å². The molecule has 1 fully saturated rings. The number of esters is 1. The van der Waals surface area contributed by atoms with Gasteiger partial charge in [0.05, 0.1) is 0 Å². The van der Waals surface area contributed by atoms with Crippen LogP contribution in [0, 0.1) is 17.8 Å². The summed E-state index contributed by atoms with van der Waals surface area (Å²) in [5.74, 6) is 4.68. The van der Waals surface area contributed by atoms with Gasteiger partial charge in [-0.15, -0.1) is 5.92 Å². The van der Waals surface area contributed by atoms with E-state index in [1.807, 2.05) is 7.05 Å². The van der Waals surface area contributed by atoms with Gasteiger partial charge in [0.15, 0.2) is 0 Å². The van der Waals surface area contributed by atoms with Crippen molar-refractivity contribution in [3.8, 4) is 11.8 Å². The fourth-order valence-corrected chi connectivity index (χ4v) is 2.99. The molecule has 1 aliphatic heterocycles. The van der Waals surface area contributed by atoms with E-state index < -0.39 is 11.6 Å². The van der Waals surface area contributed by atoms with Gasteiger partial charge in [0.25, 0.3) is 0 Å². The predicted molar refractivity (Wildman–Crippen MR) is 76.9 cm³/mol. The summed E-state index contributed by atoms with van der Waals surface area (Å²) in [6.07, 6.45) is 5.83. The van der Waals surface area contributed by atoms with E-state index in [1.54, 1.807) is 6.92 Å². The van der Waals surface area contributed by atoms with Gasteiger partial charge in [-0.1, -0.05) is 24.8 Å². The van der Waals surface area contributed by atoms with Crippen LogP contribution in [0.3, 0.4) is 0 Å². The molecule has 1 aliphatic carbocycles. The zero-order valence-corrected chi connectivity index (χ0v) is 12.3. The Kier molecular flexibility index (Phi) is 4.85. The maximum atomic E-state index is 12.3. The lowest BCUT2D eigenvalue weighted by Gasteiger charge is -2.26. The van der Waals surface area contributed by atoms with Gasteiger partial charge in [0.1, 0.15) is 6.61 Å². The number of hydrogen-bond acceptors (Lipinski definition) is 4. The Hall–Kier alpha value is -1.31. The van der Waals surface area contributed by atoms with E-state index in [1.165, 1.54) is 0 Å². The third-order valence-electron chi connectivity index (χ3n) is 4.13. The number of rotatable bonds is 4. The van der Waals surface area contributed by atoms with Gasteiger partial charge in [-0.3, -0.25) is 4.90 Å². The normalized spacial score (nSPS) is 22.9. The molecular formula is C16H23NO3. The Morgan fingerprint density at radius 1 is 1.55 bits per heavy atom. The van der Waals surface area contributed by atoms with Gasteiger partial charge in [0.2, 0.25) is 5.60 Å². The zero-order valence-electron chi connectivity index (χ0n) is 12.3. The second kappa shape index (κ2) is 6.43. The highest BCUT2D eigenvalue weighted by Crippen LogP contribution is 2.34. The van der Waals surface area contributed by atoms with Crippen molar-refractivity contribution in [3.63, 3.8) is 0 Å². The number of nitrogens with zero attached hydrogens (tertiary/aromatic N) is 1. The number of carbonyl (C=O) groups is 1. The summed E-state index contributed by atoms with van der Waals surface area (Å²) in [5.41, 5.74) is -0.546. The number of hydrogen-bond donors (Lipinski definition) is 1. The van der Waals surface area contributed by atoms with Crippen molar-refractivity contribution < 1.29 is 14.6 Å². The Morgan fingerprint density at radius 2 is 2.25 bits per heavy atom. The largest absolute Gasteiger partial charge is 0.458 e. The Labute approximate surface area is 120 Å². The van der Waals surface area contributed by atoms with Gasteiger partial charge >= 0.3 is 5.97 Å². The quantitative estimate of drug-likeness (QED) is 0.479. The molecule has 0 aromatic heterocycles. The molecule has 1 unspecified atom stereocenters. The molecule has 0 aromatic carbocycles. The molecule has 0 bridgehead atoms. The van der Waals surface area contributed by atoms with Crippen molar-refractivity contribution in [2.24, 2.45) is 5.92 Å². The third kappa shape index (κ3) is 3.23. The Morgan fingerprint density at radius 3 is 2.80 bits per heavy atom. The van der Waals surface area contributed by atoms with Gasteiger partial charge in [-0.25, -0.2) is 4.79 Å². The third-order valence-corrected chi connectivity index (χ3v) is 4.13. The van der Waals surface area contributed by atoms with Gasteiger partial charge < -0.3 is 9.84 Å². The molecule has 4 heteroatoms. The van der Waals surface area contributed by atoms with Crippen molar-refractivity contribution >= 4 is 5.97 Å². The molecule has 0 aromatic rings. The summed E-state index contributed by atoms with van der Waals surface area (Å²) in [5, 5.41) is 10.6. The average Bonchev–Trinajstić information content (AvgIpc) is 3.07. The number of carbonyl (C=O) groups excluding carboxylic acids is 1. The monoisotopic (exact) mass is 277 g/mol. The lowest BCUT2D eigenvalue weighted by molar-refractivity contribution is -0.163. The van der Waals surface area contributed by atoms with Crippen LogP contribution in [-0.4, -0.2) is 48.3 Å². The number of ether oxygens (including phenoxy) is 1. The molecule has 4 nitrogen and oxygen atoms in total. The highest BCUT2D eigenvalue weighted by molar-refractivity contribution is 5.84. The maximum absolute atomic E-state index is 12.3. The van der Waals surface area contributed by atoms with Crippen molar-refractivity contribution in [2.45, 2.75) is 38.2 Å². The highest BCUT2D eigenvalue weighted by Gasteiger charge is 2.45. The minimum Gasteiger partial charge on any atom is -0.458 e. The summed E-state index contributed by atoms with van der Waals surface area (Å²) in [7, 11) is 2.02. The van der Waals surface area contributed by atoms with E-state index >= 15 is 0 Å². The first kappa shape index (κ1) is 15.1. The molecule has 2 rings (SSSR count). The zero-order chi connectivity index (χ0) is 14.6. The molecule has 0 amide bonds. The van der Waals surface area contributed by atoms with Crippen LogP contribution in [-0.2, 0) is 9.53 Å². The van der Waals surface area contributed by atoms with Crippen molar-refractivity contribution in [1.29, 1.82) is 0 Å². The molecule has 0 saturated heterocycles. The van der Waals surface area contributed by atoms with Crippen LogP contribution in [0.15, 0.2) is 11.6 Å². The van der Waals surface area contributed by atoms with Gasteiger partial charge in [-0.05, 0) is 32.4 Å². The molecule has 1 heterocycles. The summed E-state index contributed by atoms with van der Waals surface area (Å²) in [6.45, 7) is 3.59. The van der Waals surface area contributed by atoms with Crippen LogP contribution in [0.5, 0.6) is 0 Å². The van der Waals surface area contributed by atoms with Gasteiger partial charge in [-0.2, -0.15) is 0 Å². The average molecular weight is 277 g/mol. The summed E-state index contributed by atoms with van der Waals surface area (Å²) < 4.78 is 5.32. The van der Waals surface area contributed by atoms with Crippen LogP contribution in [0.2, 0.25) is 0 Å². The smallest absolute Gasteiger partial charge is 0.351 e. The topological polar surface area (TPSA) is 49.8 Å². The Bertz CT molecular complexity index is 454. The number of aliphatic hydroxyl groups is 1. The molecule has 1 saturated carbocycles. The summed E-state index contributed by atoms with van der Waals surface area (Å²) in [4.78, 5) is 14.4. The first-order chi connectivity index (χ1) is 9.56. The number of likely N-dealkylation sites (N-methyl/N-ethyl adjacent to an activating group) is 1. The van der Waals surface area contributed by atoms with Crippen LogP contribution < -0.4 is 0 Å². The predicted octanol–water partition coefficient (Wildman–Crippen LogP) is 1.35. The van der Waals surface area contributed by atoms with Crippen LogP contribution in [0.1, 0.15) is 32.6 Å². The van der Waals surface area contributed by atoms with E-state index in [9.17, 15) is 9.90 Å². The highest BCUT2D eigenvalue weighted by atomic mass is 16.5. The fourth-order valence-electron chi connectivity index (χ4n) is 2.99. The summed E-state index contributed by atoms with van der Waals surface area (Å²) in [6, 6.07) is 0. The van der Waals surface area contributed by atoms with Crippen LogP contribution >= 0.6 is 0 Å². The van der Waals surface area contributed by atoms with Crippen molar-refractivity contribution in [3.05, 3.63) is 11.6 Å². The molecule has 1 N–H and O–H groups in total. The van der Waals surface area contributed by atoms with Crippen LogP contribution in [0.4, 0.5) is 0 Å². The molecule has 110 valence electrons. The second-order valence-corrected chi connectivity index (χ2v) is 5.76. The van der Waals surface area contributed by atoms with Gasteiger partial charge in [0, 0.05) is 19.0 Å². The van der Waals surface area contributed by atoms with E-state index in [-0.39, 0.29) is 12.5 Å². The first-order valence-corrected chi connectivity index (χ1v) is 7.26. The van der Waals surface area contributed by atoms with Crippen LogP contribution in [0.25, 0.3) is 0 Å². The van der Waals surface area contributed by atoms with E-state index in [0.717, 1.165) is 44.3 Å². The maximum Gasteiger partial charge on any atom is 0.351 e. The SMILES string of the molecule is CC#CC(O)(C(=O)OCC1=CCN(C)C1)C1CCCC1. The minimum atomic E-state index is -1.63. The second-order valence-electron chi connectivity index (χ2n) is 5.76. The lowest BCUT2D eigenvalue weighted by Crippen LogP contribution is -2.45. The molecule has 2 aliphatic rings. The fraction of sp³-hybridized carbons (Fsp3) is 0.688. The van der Waals surface area contributed by atoms with Crippen molar-refractivity contribution in [2.75, 3.05) is 26.7 Å².